The van der Waals surface area contributed by atoms with Gasteiger partial charge in [-0.25, -0.2) is 0 Å². The van der Waals surface area contributed by atoms with E-state index in [-0.39, 0.29) is 23.4 Å². The topological polar surface area (TPSA) is 26.3 Å². The maximum Gasteiger partial charge on any atom is 0.310 e. The molecule has 0 spiro atoms. The van der Waals surface area contributed by atoms with Gasteiger partial charge in [0.15, 0.2) is 0 Å². The standard InChI is InChI=1S/C20H34O2/c1-12(2)10-16-18(20(16,6)7)19(21)22-17-11-14(5)8-9-15(17)13(3)4/h10,13-18H,8-9,11H2,1-7H3/t14-,15+,16-,17-,18+/m1/s1. The molecular formula is C20H34O2. The molecule has 0 N–H and O–H groups in total. The lowest BCUT2D eigenvalue weighted by molar-refractivity contribution is -0.158. The third-order valence-electron chi connectivity index (χ3n) is 5.91. The van der Waals surface area contributed by atoms with E-state index in [9.17, 15) is 4.79 Å². The van der Waals surface area contributed by atoms with E-state index < -0.39 is 0 Å². The summed E-state index contributed by atoms with van der Waals surface area (Å²) >= 11 is 0. The quantitative estimate of drug-likeness (QED) is 0.525. The van der Waals surface area contributed by atoms with Gasteiger partial charge in [0.2, 0.25) is 0 Å². The second-order valence-electron chi connectivity index (χ2n) is 8.87. The molecule has 0 unspecified atom stereocenters. The summed E-state index contributed by atoms with van der Waals surface area (Å²) in [4.78, 5) is 12.7. The summed E-state index contributed by atoms with van der Waals surface area (Å²) in [5, 5.41) is 0. The Morgan fingerprint density at radius 2 is 1.86 bits per heavy atom. The van der Waals surface area contributed by atoms with Gasteiger partial charge in [-0.1, -0.05) is 52.7 Å². The van der Waals surface area contributed by atoms with E-state index in [1.165, 1.54) is 18.4 Å². The van der Waals surface area contributed by atoms with Crippen molar-refractivity contribution in [1.29, 1.82) is 0 Å². The summed E-state index contributed by atoms with van der Waals surface area (Å²) in [7, 11) is 0. The van der Waals surface area contributed by atoms with Crippen LogP contribution >= 0.6 is 0 Å². The van der Waals surface area contributed by atoms with Crippen LogP contribution in [-0.4, -0.2) is 12.1 Å². The Bertz CT molecular complexity index is 443. The smallest absolute Gasteiger partial charge is 0.310 e. The summed E-state index contributed by atoms with van der Waals surface area (Å²) in [5.74, 6) is 2.23. The van der Waals surface area contributed by atoms with Gasteiger partial charge in [0.25, 0.3) is 0 Å². The fourth-order valence-corrected chi connectivity index (χ4v) is 4.27. The van der Waals surface area contributed by atoms with E-state index in [0.717, 1.165) is 6.42 Å². The SMILES string of the molecule is CC(C)=C[C@@H]1[C@@H](C(=O)O[C@@H]2C[C@H](C)CC[C@H]2C(C)C)C1(C)C. The molecule has 2 rings (SSSR count). The average Bonchev–Trinajstić information content (AvgIpc) is 2.89. The van der Waals surface area contributed by atoms with Crippen LogP contribution in [0.1, 0.15) is 67.7 Å². The highest BCUT2D eigenvalue weighted by molar-refractivity contribution is 5.78. The molecule has 0 heterocycles. The third kappa shape index (κ3) is 3.58. The Labute approximate surface area is 136 Å². The van der Waals surface area contributed by atoms with Crippen molar-refractivity contribution in [2.75, 3.05) is 0 Å². The predicted molar refractivity (Wildman–Crippen MR) is 91.4 cm³/mol. The molecule has 0 aromatic heterocycles. The molecule has 0 aromatic carbocycles. The molecule has 0 radical (unpaired) electrons. The molecule has 0 saturated heterocycles. The highest BCUT2D eigenvalue weighted by Crippen LogP contribution is 2.60. The summed E-state index contributed by atoms with van der Waals surface area (Å²) in [6, 6.07) is 0. The van der Waals surface area contributed by atoms with Crippen molar-refractivity contribution in [3.8, 4) is 0 Å². The molecule has 2 heteroatoms. The summed E-state index contributed by atoms with van der Waals surface area (Å²) in [6.07, 6.45) is 5.87. The molecule has 0 amide bonds. The number of carbonyl (C=O) groups excluding carboxylic acids is 1. The number of hydrogen-bond donors (Lipinski definition) is 0. The molecule has 2 fully saturated rings. The van der Waals surface area contributed by atoms with Crippen molar-refractivity contribution in [3.63, 3.8) is 0 Å². The van der Waals surface area contributed by atoms with E-state index in [1.807, 2.05) is 0 Å². The zero-order valence-electron chi connectivity index (χ0n) is 15.5. The maximum absolute atomic E-state index is 12.7. The second-order valence-corrected chi connectivity index (χ2v) is 8.87. The van der Waals surface area contributed by atoms with Crippen molar-refractivity contribution in [2.45, 2.75) is 73.8 Å². The van der Waals surface area contributed by atoms with Crippen molar-refractivity contribution in [3.05, 3.63) is 11.6 Å². The molecule has 2 nitrogen and oxygen atoms in total. The van der Waals surface area contributed by atoms with E-state index in [1.54, 1.807) is 0 Å². The minimum absolute atomic E-state index is 0.0391. The molecule has 2 aliphatic carbocycles. The van der Waals surface area contributed by atoms with Crippen molar-refractivity contribution < 1.29 is 9.53 Å². The zero-order valence-corrected chi connectivity index (χ0v) is 15.5. The molecule has 126 valence electrons. The molecule has 0 aliphatic heterocycles. The normalized spacial score (nSPS) is 36.8. The Kier molecular flexibility index (Phi) is 5.09. The first kappa shape index (κ1) is 17.6. The van der Waals surface area contributed by atoms with Gasteiger partial charge in [-0.2, -0.15) is 0 Å². The molecule has 2 aliphatic rings. The number of esters is 1. The lowest BCUT2D eigenvalue weighted by Crippen LogP contribution is -2.36. The Morgan fingerprint density at radius 1 is 1.23 bits per heavy atom. The minimum Gasteiger partial charge on any atom is -0.462 e. The number of ether oxygens (including phenoxy) is 1. The highest BCUT2D eigenvalue weighted by atomic mass is 16.5. The van der Waals surface area contributed by atoms with Crippen LogP contribution in [0.5, 0.6) is 0 Å². The first-order valence-electron chi connectivity index (χ1n) is 9.00. The third-order valence-corrected chi connectivity index (χ3v) is 5.91. The highest BCUT2D eigenvalue weighted by Gasteiger charge is 2.61. The fourth-order valence-electron chi connectivity index (χ4n) is 4.27. The van der Waals surface area contributed by atoms with Gasteiger partial charge >= 0.3 is 5.97 Å². The van der Waals surface area contributed by atoms with Crippen LogP contribution in [0.15, 0.2) is 11.6 Å². The van der Waals surface area contributed by atoms with Crippen LogP contribution in [0.25, 0.3) is 0 Å². The summed E-state index contributed by atoms with van der Waals surface area (Å²) in [6.45, 7) is 15.4. The van der Waals surface area contributed by atoms with E-state index in [0.29, 0.717) is 23.7 Å². The Balaban J connectivity index is 2.03. The molecule has 2 saturated carbocycles. The van der Waals surface area contributed by atoms with Crippen LogP contribution in [0.4, 0.5) is 0 Å². The van der Waals surface area contributed by atoms with Gasteiger partial charge in [-0.05, 0) is 55.8 Å². The largest absolute Gasteiger partial charge is 0.462 e. The first-order valence-corrected chi connectivity index (χ1v) is 9.00. The zero-order chi connectivity index (χ0) is 16.7. The molecule has 5 atom stereocenters. The van der Waals surface area contributed by atoms with Crippen molar-refractivity contribution in [2.24, 2.45) is 35.0 Å². The number of carbonyl (C=O) groups is 1. The average molecular weight is 306 g/mol. The Morgan fingerprint density at radius 3 is 2.41 bits per heavy atom. The maximum atomic E-state index is 12.7. The van der Waals surface area contributed by atoms with Gasteiger partial charge in [0.1, 0.15) is 6.10 Å². The van der Waals surface area contributed by atoms with Gasteiger partial charge in [-0.15, -0.1) is 0 Å². The van der Waals surface area contributed by atoms with Crippen LogP contribution < -0.4 is 0 Å². The van der Waals surface area contributed by atoms with Gasteiger partial charge < -0.3 is 4.74 Å². The number of hydrogen-bond acceptors (Lipinski definition) is 2. The van der Waals surface area contributed by atoms with Crippen LogP contribution in [0, 0.1) is 35.0 Å². The van der Waals surface area contributed by atoms with Crippen LogP contribution in [-0.2, 0) is 9.53 Å². The number of allylic oxidation sites excluding steroid dienone is 2. The van der Waals surface area contributed by atoms with Gasteiger partial charge in [0.05, 0.1) is 5.92 Å². The van der Waals surface area contributed by atoms with E-state index >= 15 is 0 Å². The van der Waals surface area contributed by atoms with Gasteiger partial charge in [0, 0.05) is 0 Å². The monoisotopic (exact) mass is 306 g/mol. The predicted octanol–water partition coefficient (Wildman–Crippen LogP) is 5.23. The van der Waals surface area contributed by atoms with E-state index in [4.69, 9.17) is 4.74 Å². The molecule has 22 heavy (non-hydrogen) atoms. The second kappa shape index (κ2) is 6.37. The molecule has 0 aromatic rings. The number of rotatable bonds is 4. The van der Waals surface area contributed by atoms with Crippen molar-refractivity contribution in [1.82, 2.24) is 0 Å². The minimum atomic E-state index is 0.0391. The summed E-state index contributed by atoms with van der Waals surface area (Å²) < 4.78 is 6.04. The van der Waals surface area contributed by atoms with Gasteiger partial charge in [-0.3, -0.25) is 4.79 Å². The lowest BCUT2D eigenvalue weighted by atomic mass is 9.75. The molecule has 0 bridgehead atoms. The van der Waals surface area contributed by atoms with E-state index in [2.05, 4.69) is 54.5 Å². The first-order chi connectivity index (χ1) is 10.1. The fraction of sp³-hybridized carbons (Fsp3) is 0.850. The van der Waals surface area contributed by atoms with Crippen LogP contribution in [0.3, 0.4) is 0 Å². The van der Waals surface area contributed by atoms with Crippen molar-refractivity contribution >= 4 is 5.97 Å². The Hall–Kier alpha value is -0.790. The van der Waals surface area contributed by atoms with Crippen LogP contribution in [0.2, 0.25) is 0 Å². The lowest BCUT2D eigenvalue weighted by Gasteiger charge is -2.36. The summed E-state index contributed by atoms with van der Waals surface area (Å²) in [5.41, 5.74) is 1.35. The molecular weight excluding hydrogens is 272 g/mol.